The number of nitrogens with zero attached hydrogens (tertiary/aromatic N) is 2. The van der Waals surface area contributed by atoms with Crippen molar-refractivity contribution in [1.82, 2.24) is 15.3 Å². The maximum Gasteiger partial charge on any atom is 0.133 e. The Labute approximate surface area is 135 Å². The van der Waals surface area contributed by atoms with Gasteiger partial charge in [-0.05, 0) is 51.5 Å². The Bertz CT molecular complexity index is 600. The first-order valence-corrected chi connectivity index (χ1v) is 7.94. The number of rotatable bonds is 4. The zero-order chi connectivity index (χ0) is 15.5. The minimum atomic E-state index is 0.0880. The number of hydrogen-bond donors (Lipinski definition) is 1. The summed E-state index contributed by atoms with van der Waals surface area (Å²) in [5, 5.41) is 3.47. The molecule has 0 atom stereocenters. The number of aromatic nitrogens is 2. The Kier molecular flexibility index (Phi) is 5.12. The molecular formula is C17H22BrN3. The van der Waals surface area contributed by atoms with Gasteiger partial charge in [0.15, 0.2) is 0 Å². The molecule has 3 nitrogen and oxygen atoms in total. The summed E-state index contributed by atoms with van der Waals surface area (Å²) in [5.74, 6) is 0.878. The summed E-state index contributed by atoms with van der Waals surface area (Å²) in [5.41, 5.74) is 3.37. The lowest BCUT2D eigenvalue weighted by molar-refractivity contribution is 0.420. The van der Waals surface area contributed by atoms with Crippen molar-refractivity contribution in [3.63, 3.8) is 0 Å². The van der Waals surface area contributed by atoms with Crippen LogP contribution in [0.2, 0.25) is 0 Å². The SMILES string of the molecule is Cc1cc(CNC(C)(C)C)nc(Cc2ccc(Br)cc2)n1. The highest BCUT2D eigenvalue weighted by Crippen LogP contribution is 2.13. The Morgan fingerprint density at radius 3 is 2.38 bits per heavy atom. The molecule has 0 bridgehead atoms. The maximum atomic E-state index is 4.67. The van der Waals surface area contributed by atoms with Crippen LogP contribution in [0.5, 0.6) is 0 Å². The summed E-state index contributed by atoms with van der Waals surface area (Å²) < 4.78 is 1.09. The summed E-state index contributed by atoms with van der Waals surface area (Å²) in [6.45, 7) is 9.25. The van der Waals surface area contributed by atoms with Crippen LogP contribution in [0.25, 0.3) is 0 Å². The number of aryl methyl sites for hydroxylation is 1. The lowest BCUT2D eigenvalue weighted by atomic mass is 10.1. The summed E-state index contributed by atoms with van der Waals surface area (Å²) in [6, 6.07) is 10.3. The van der Waals surface area contributed by atoms with Crippen molar-refractivity contribution >= 4 is 15.9 Å². The van der Waals surface area contributed by atoms with Crippen LogP contribution in [0.4, 0.5) is 0 Å². The first kappa shape index (κ1) is 16.1. The third-order valence-corrected chi connectivity index (χ3v) is 3.56. The first-order valence-electron chi connectivity index (χ1n) is 7.15. The van der Waals surface area contributed by atoms with E-state index in [1.54, 1.807) is 0 Å². The smallest absolute Gasteiger partial charge is 0.133 e. The summed E-state index contributed by atoms with van der Waals surface area (Å²) >= 11 is 3.45. The predicted octanol–water partition coefficient (Wildman–Crippen LogP) is 4.03. The molecule has 112 valence electrons. The molecule has 1 aromatic carbocycles. The van der Waals surface area contributed by atoms with Crippen molar-refractivity contribution in [2.24, 2.45) is 0 Å². The van der Waals surface area contributed by atoms with Crippen molar-refractivity contribution in [2.45, 2.75) is 46.2 Å². The fraction of sp³-hybridized carbons (Fsp3) is 0.412. The number of hydrogen-bond acceptors (Lipinski definition) is 3. The van der Waals surface area contributed by atoms with E-state index >= 15 is 0 Å². The van der Waals surface area contributed by atoms with Crippen LogP contribution in [0.15, 0.2) is 34.8 Å². The minimum absolute atomic E-state index is 0.0880. The molecule has 0 amide bonds. The van der Waals surface area contributed by atoms with Crippen LogP contribution in [-0.4, -0.2) is 15.5 Å². The van der Waals surface area contributed by atoms with Crippen LogP contribution in [0, 0.1) is 6.92 Å². The fourth-order valence-electron chi connectivity index (χ4n) is 2.01. The van der Waals surface area contributed by atoms with Crippen LogP contribution in [0.1, 0.15) is 43.5 Å². The van der Waals surface area contributed by atoms with E-state index < -0.39 is 0 Å². The molecule has 0 aliphatic rings. The van der Waals surface area contributed by atoms with Crippen molar-refractivity contribution in [3.05, 3.63) is 57.6 Å². The highest BCUT2D eigenvalue weighted by atomic mass is 79.9. The molecule has 0 radical (unpaired) electrons. The van der Waals surface area contributed by atoms with Gasteiger partial charge in [-0.3, -0.25) is 0 Å². The molecule has 1 aromatic heterocycles. The third-order valence-electron chi connectivity index (χ3n) is 3.03. The van der Waals surface area contributed by atoms with Gasteiger partial charge in [-0.1, -0.05) is 28.1 Å². The van der Waals surface area contributed by atoms with E-state index in [2.05, 4.69) is 64.1 Å². The van der Waals surface area contributed by atoms with E-state index in [1.807, 2.05) is 25.1 Å². The zero-order valence-electron chi connectivity index (χ0n) is 13.1. The van der Waals surface area contributed by atoms with Gasteiger partial charge in [0.2, 0.25) is 0 Å². The Hall–Kier alpha value is -1.26. The number of benzene rings is 1. The van der Waals surface area contributed by atoms with E-state index in [1.165, 1.54) is 5.56 Å². The highest BCUT2D eigenvalue weighted by Gasteiger charge is 2.10. The van der Waals surface area contributed by atoms with Crippen molar-refractivity contribution < 1.29 is 0 Å². The molecule has 0 aliphatic heterocycles. The van der Waals surface area contributed by atoms with Gasteiger partial charge in [0.05, 0.1) is 5.69 Å². The predicted molar refractivity (Wildman–Crippen MR) is 90.3 cm³/mol. The fourth-order valence-corrected chi connectivity index (χ4v) is 2.27. The van der Waals surface area contributed by atoms with Crippen molar-refractivity contribution in [2.75, 3.05) is 0 Å². The second kappa shape index (κ2) is 6.67. The molecule has 0 unspecified atom stereocenters. The maximum absolute atomic E-state index is 4.67. The normalized spacial score (nSPS) is 11.7. The average Bonchev–Trinajstić information content (AvgIpc) is 2.38. The first-order chi connectivity index (χ1) is 9.82. The van der Waals surface area contributed by atoms with Crippen LogP contribution in [0.3, 0.4) is 0 Å². The van der Waals surface area contributed by atoms with Gasteiger partial charge >= 0.3 is 0 Å². The van der Waals surface area contributed by atoms with E-state index in [-0.39, 0.29) is 5.54 Å². The molecule has 0 fully saturated rings. The van der Waals surface area contributed by atoms with Gasteiger partial charge in [0.1, 0.15) is 5.82 Å². The molecule has 0 saturated heterocycles. The summed E-state index contributed by atoms with van der Waals surface area (Å²) in [4.78, 5) is 9.21. The zero-order valence-corrected chi connectivity index (χ0v) is 14.7. The molecule has 0 saturated carbocycles. The monoisotopic (exact) mass is 347 g/mol. The van der Waals surface area contributed by atoms with E-state index in [0.29, 0.717) is 0 Å². The molecule has 1 N–H and O–H groups in total. The topological polar surface area (TPSA) is 37.8 Å². The quantitative estimate of drug-likeness (QED) is 0.907. The molecule has 0 spiro atoms. The summed E-state index contributed by atoms with van der Waals surface area (Å²) in [7, 11) is 0. The van der Waals surface area contributed by atoms with Gasteiger partial charge in [0, 0.05) is 28.7 Å². The van der Waals surface area contributed by atoms with Crippen LogP contribution < -0.4 is 5.32 Å². The highest BCUT2D eigenvalue weighted by molar-refractivity contribution is 9.10. The second-order valence-corrected chi connectivity index (χ2v) is 7.24. The Morgan fingerprint density at radius 2 is 1.76 bits per heavy atom. The third kappa shape index (κ3) is 5.56. The second-order valence-electron chi connectivity index (χ2n) is 6.32. The standard InChI is InChI=1S/C17H22BrN3/c1-12-9-15(11-19-17(2,3)4)21-16(20-12)10-13-5-7-14(18)8-6-13/h5-9,19H,10-11H2,1-4H3. The molecule has 21 heavy (non-hydrogen) atoms. The van der Waals surface area contributed by atoms with Crippen molar-refractivity contribution in [3.8, 4) is 0 Å². The molecular weight excluding hydrogens is 326 g/mol. The molecule has 0 aliphatic carbocycles. The van der Waals surface area contributed by atoms with Gasteiger partial charge in [-0.25, -0.2) is 9.97 Å². The molecule has 2 rings (SSSR count). The molecule has 4 heteroatoms. The van der Waals surface area contributed by atoms with E-state index in [9.17, 15) is 0 Å². The van der Waals surface area contributed by atoms with Crippen molar-refractivity contribution in [1.29, 1.82) is 0 Å². The molecule has 1 heterocycles. The number of halogens is 1. The van der Waals surface area contributed by atoms with Crippen LogP contribution >= 0.6 is 15.9 Å². The Morgan fingerprint density at radius 1 is 1.10 bits per heavy atom. The van der Waals surface area contributed by atoms with Gasteiger partial charge in [0.25, 0.3) is 0 Å². The minimum Gasteiger partial charge on any atom is -0.306 e. The van der Waals surface area contributed by atoms with Gasteiger partial charge in [-0.15, -0.1) is 0 Å². The lowest BCUT2D eigenvalue weighted by Gasteiger charge is -2.20. The Balaban J connectivity index is 2.13. The van der Waals surface area contributed by atoms with Gasteiger partial charge in [-0.2, -0.15) is 0 Å². The van der Waals surface area contributed by atoms with Gasteiger partial charge < -0.3 is 5.32 Å². The number of nitrogens with one attached hydrogen (secondary N) is 1. The van der Waals surface area contributed by atoms with E-state index in [0.717, 1.165) is 34.7 Å². The largest absolute Gasteiger partial charge is 0.306 e. The lowest BCUT2D eigenvalue weighted by Crippen LogP contribution is -2.35. The summed E-state index contributed by atoms with van der Waals surface area (Å²) in [6.07, 6.45) is 0.761. The van der Waals surface area contributed by atoms with Crippen LogP contribution in [-0.2, 0) is 13.0 Å². The average molecular weight is 348 g/mol. The van der Waals surface area contributed by atoms with E-state index in [4.69, 9.17) is 0 Å². The molecule has 2 aromatic rings.